The van der Waals surface area contributed by atoms with Crippen molar-refractivity contribution in [1.29, 1.82) is 0 Å². The van der Waals surface area contributed by atoms with Gasteiger partial charge in [0.25, 0.3) is 11.5 Å². The molecule has 2 aliphatic rings. The molecule has 2 aromatic heterocycles. The summed E-state index contributed by atoms with van der Waals surface area (Å²) in [5, 5.41) is 3.86. The third-order valence-electron chi connectivity index (χ3n) is 8.74. The van der Waals surface area contributed by atoms with Crippen LogP contribution in [0.15, 0.2) is 35.1 Å². The molecule has 1 atom stereocenters. The molecular weight excluding hydrogens is 483 g/mol. The van der Waals surface area contributed by atoms with E-state index in [1.165, 1.54) is 7.11 Å². The lowest BCUT2D eigenvalue weighted by Gasteiger charge is -2.42. The van der Waals surface area contributed by atoms with Crippen LogP contribution in [0.2, 0.25) is 0 Å². The number of aryl methyl sites for hydroxylation is 1. The number of fused-ring (bicyclic) bond motifs is 1. The Morgan fingerprint density at radius 2 is 1.95 bits per heavy atom. The third kappa shape index (κ3) is 4.98. The molecule has 7 nitrogen and oxygen atoms in total. The van der Waals surface area contributed by atoms with Gasteiger partial charge < -0.3 is 24.5 Å². The fourth-order valence-electron chi connectivity index (χ4n) is 6.42. The zero-order valence-corrected chi connectivity index (χ0v) is 22.9. The molecule has 2 N–H and O–H groups in total. The number of likely N-dealkylation sites (tertiary alicyclic amines) is 1. The van der Waals surface area contributed by atoms with E-state index in [2.05, 4.69) is 32.8 Å². The first-order valence-electron chi connectivity index (χ1n) is 13.8. The molecule has 3 heterocycles. The Balaban J connectivity index is 1.35. The van der Waals surface area contributed by atoms with Crippen molar-refractivity contribution in [3.05, 3.63) is 63.2 Å². The van der Waals surface area contributed by atoms with Crippen molar-refractivity contribution in [3.63, 3.8) is 0 Å². The fraction of sp³-hybridized carbons (Fsp3) is 0.533. The summed E-state index contributed by atoms with van der Waals surface area (Å²) in [4.78, 5) is 31.1. The van der Waals surface area contributed by atoms with Crippen LogP contribution in [0.25, 0.3) is 10.9 Å². The van der Waals surface area contributed by atoms with E-state index in [9.17, 15) is 14.0 Å². The molecule has 204 valence electrons. The summed E-state index contributed by atoms with van der Waals surface area (Å²) in [6.45, 7) is 8.50. The molecule has 1 saturated heterocycles. The fourth-order valence-corrected chi connectivity index (χ4v) is 6.42. The number of methoxy groups -OCH3 is 1. The standard InChI is InChI=1S/C30H39FN4O3/c1-19-16-26(38-4)24(28(36)33-19)17-32-29(37)27-21(3)35(25-9-6-5-8-23(25)27)20(2)22-10-14-34(15-11-22)18-30(31)12-7-13-30/h5-6,8-9,16,20,22H,7,10-15,17-18H2,1-4H3,(H,32,37)(H,33,36)/t20-/m1/s1. The zero-order valence-electron chi connectivity index (χ0n) is 22.9. The van der Waals surface area contributed by atoms with Gasteiger partial charge in [0.2, 0.25) is 0 Å². The summed E-state index contributed by atoms with van der Waals surface area (Å²) in [7, 11) is 1.52. The van der Waals surface area contributed by atoms with E-state index in [4.69, 9.17) is 4.74 Å². The maximum Gasteiger partial charge on any atom is 0.256 e. The van der Waals surface area contributed by atoms with Crippen LogP contribution in [0, 0.1) is 19.8 Å². The van der Waals surface area contributed by atoms with Crippen molar-refractivity contribution in [1.82, 2.24) is 19.8 Å². The highest BCUT2D eigenvalue weighted by Gasteiger charge is 2.39. The van der Waals surface area contributed by atoms with E-state index in [1.807, 2.05) is 25.1 Å². The van der Waals surface area contributed by atoms with Gasteiger partial charge in [-0.1, -0.05) is 18.2 Å². The van der Waals surface area contributed by atoms with Crippen molar-refractivity contribution < 1.29 is 13.9 Å². The number of halogens is 1. The molecular formula is C30H39FN4O3. The number of ether oxygens (including phenoxy) is 1. The number of rotatable bonds is 8. The second kappa shape index (κ2) is 10.6. The molecule has 1 aliphatic heterocycles. The van der Waals surface area contributed by atoms with Gasteiger partial charge in [-0.3, -0.25) is 9.59 Å². The minimum absolute atomic E-state index is 0.0701. The first kappa shape index (κ1) is 26.5. The Morgan fingerprint density at radius 3 is 2.61 bits per heavy atom. The van der Waals surface area contributed by atoms with E-state index in [0.717, 1.165) is 48.9 Å². The molecule has 3 aromatic rings. The molecule has 1 aromatic carbocycles. The Morgan fingerprint density at radius 1 is 1.24 bits per heavy atom. The van der Waals surface area contributed by atoms with Gasteiger partial charge >= 0.3 is 0 Å². The molecule has 0 unspecified atom stereocenters. The van der Waals surface area contributed by atoms with E-state index in [-0.39, 0.29) is 24.1 Å². The van der Waals surface area contributed by atoms with Crippen LogP contribution in [-0.4, -0.2) is 52.8 Å². The Bertz CT molecular complexity index is 1380. The second-order valence-corrected chi connectivity index (χ2v) is 11.2. The van der Waals surface area contributed by atoms with E-state index in [1.54, 1.807) is 13.0 Å². The minimum atomic E-state index is -0.971. The number of hydrogen-bond donors (Lipinski definition) is 2. The number of nitrogens with zero attached hydrogens (tertiary/aromatic N) is 2. The first-order chi connectivity index (χ1) is 18.2. The smallest absolute Gasteiger partial charge is 0.256 e. The number of hydrogen-bond acceptors (Lipinski definition) is 4. The number of amides is 1. The average Bonchev–Trinajstić information content (AvgIpc) is 3.18. The van der Waals surface area contributed by atoms with E-state index < -0.39 is 5.67 Å². The first-order valence-corrected chi connectivity index (χ1v) is 13.8. The van der Waals surface area contributed by atoms with E-state index >= 15 is 0 Å². The number of aromatic nitrogens is 2. The quantitative estimate of drug-likeness (QED) is 0.434. The Kier molecular flexibility index (Phi) is 7.36. The average molecular weight is 523 g/mol. The van der Waals surface area contributed by atoms with Gasteiger partial charge in [0.1, 0.15) is 11.4 Å². The van der Waals surface area contributed by atoms with Crippen LogP contribution in [0.3, 0.4) is 0 Å². The van der Waals surface area contributed by atoms with Gasteiger partial charge in [0.05, 0.1) is 24.8 Å². The summed E-state index contributed by atoms with van der Waals surface area (Å²) in [6.07, 6.45) is 4.44. The van der Waals surface area contributed by atoms with Crippen LogP contribution in [0.1, 0.15) is 72.4 Å². The number of para-hydroxylation sites is 1. The van der Waals surface area contributed by atoms with Crippen molar-refractivity contribution in [2.75, 3.05) is 26.7 Å². The number of alkyl halides is 1. The summed E-state index contributed by atoms with van der Waals surface area (Å²) >= 11 is 0. The third-order valence-corrected chi connectivity index (χ3v) is 8.74. The second-order valence-electron chi connectivity index (χ2n) is 11.2. The maximum absolute atomic E-state index is 14.7. The summed E-state index contributed by atoms with van der Waals surface area (Å²) in [5.41, 5.74) is 2.45. The predicted molar refractivity (Wildman–Crippen MR) is 148 cm³/mol. The normalized spacial score (nSPS) is 18.8. The van der Waals surface area contributed by atoms with Gasteiger partial charge in [-0.2, -0.15) is 0 Å². The van der Waals surface area contributed by atoms with Crippen molar-refractivity contribution in [3.8, 4) is 5.75 Å². The summed E-state index contributed by atoms with van der Waals surface area (Å²) < 4.78 is 22.3. The molecule has 1 aliphatic carbocycles. The van der Waals surface area contributed by atoms with Gasteiger partial charge in [0, 0.05) is 34.9 Å². The lowest BCUT2D eigenvalue weighted by molar-refractivity contribution is 0.00744. The van der Waals surface area contributed by atoms with Crippen LogP contribution >= 0.6 is 0 Å². The lowest BCUT2D eigenvalue weighted by atomic mass is 9.81. The van der Waals surface area contributed by atoms with Crippen LogP contribution in [0.5, 0.6) is 5.75 Å². The molecule has 2 fully saturated rings. The Labute approximate surface area is 223 Å². The van der Waals surface area contributed by atoms with Gasteiger partial charge in [-0.15, -0.1) is 0 Å². The molecule has 38 heavy (non-hydrogen) atoms. The number of piperidine rings is 1. The number of carbonyl (C=O) groups excluding carboxylic acids is 1. The van der Waals surface area contributed by atoms with E-state index in [0.29, 0.717) is 47.9 Å². The SMILES string of the molecule is COc1cc(C)[nH]c(=O)c1CNC(=O)c1c(C)n([C@H](C)C2CCN(CC3(F)CCC3)CC2)c2ccccc12. The van der Waals surface area contributed by atoms with Crippen molar-refractivity contribution in [2.24, 2.45) is 5.92 Å². The molecule has 0 spiro atoms. The highest BCUT2D eigenvalue weighted by Crippen LogP contribution is 2.39. The number of nitrogens with one attached hydrogen (secondary N) is 2. The molecule has 1 amide bonds. The number of carbonyl (C=O) groups is 1. The largest absolute Gasteiger partial charge is 0.496 e. The minimum Gasteiger partial charge on any atom is -0.496 e. The lowest BCUT2D eigenvalue weighted by Crippen LogP contribution is -2.47. The number of aromatic amines is 1. The summed E-state index contributed by atoms with van der Waals surface area (Å²) in [5.74, 6) is 0.695. The molecule has 5 rings (SSSR count). The van der Waals surface area contributed by atoms with Crippen LogP contribution in [-0.2, 0) is 6.54 Å². The number of pyridine rings is 1. The zero-order chi connectivity index (χ0) is 27.0. The summed E-state index contributed by atoms with van der Waals surface area (Å²) in [6, 6.07) is 9.97. The van der Waals surface area contributed by atoms with Gasteiger partial charge in [0.15, 0.2) is 0 Å². The highest BCUT2D eigenvalue weighted by molar-refractivity contribution is 6.08. The molecule has 8 heteroatoms. The molecule has 1 saturated carbocycles. The van der Waals surface area contributed by atoms with Gasteiger partial charge in [-0.05, 0) is 84.0 Å². The topological polar surface area (TPSA) is 79.4 Å². The van der Waals surface area contributed by atoms with Gasteiger partial charge in [-0.25, -0.2) is 4.39 Å². The molecule has 0 bridgehead atoms. The number of benzene rings is 1. The van der Waals surface area contributed by atoms with Crippen LogP contribution < -0.4 is 15.6 Å². The Hall–Kier alpha value is -3.13. The van der Waals surface area contributed by atoms with Crippen molar-refractivity contribution in [2.45, 2.75) is 71.1 Å². The molecule has 0 radical (unpaired) electrons. The predicted octanol–water partition coefficient (Wildman–Crippen LogP) is 5.05. The van der Waals surface area contributed by atoms with Crippen LogP contribution in [0.4, 0.5) is 4.39 Å². The monoisotopic (exact) mass is 522 g/mol. The maximum atomic E-state index is 14.7. The number of H-pyrrole nitrogens is 1. The van der Waals surface area contributed by atoms with Crippen molar-refractivity contribution >= 4 is 16.8 Å². The highest BCUT2D eigenvalue weighted by atomic mass is 19.1.